The van der Waals surface area contributed by atoms with Crippen LogP contribution in [0.25, 0.3) is 0 Å². The molecule has 21 heavy (non-hydrogen) atoms. The summed E-state index contributed by atoms with van der Waals surface area (Å²) in [6.07, 6.45) is 0. The Bertz CT molecular complexity index is 528. The van der Waals surface area contributed by atoms with Gasteiger partial charge in [0, 0.05) is 5.88 Å². The minimum absolute atomic E-state index is 0.0515. The molecule has 0 amide bonds. The van der Waals surface area contributed by atoms with Crippen LogP contribution in [0, 0.1) is 0 Å². The number of hydrogen-bond acceptors (Lipinski definition) is 2. The summed E-state index contributed by atoms with van der Waals surface area (Å²) < 4.78 is 37.2. The van der Waals surface area contributed by atoms with Gasteiger partial charge in [0.1, 0.15) is 12.4 Å². The van der Waals surface area contributed by atoms with E-state index in [9.17, 15) is 13.3 Å². The average molecular weight is 337 g/mol. The molecule has 1 rings (SSSR count). The lowest BCUT2D eigenvalue weighted by atomic mass is 9.87. The summed E-state index contributed by atoms with van der Waals surface area (Å²) in [5.74, 6) is 0.165. The second kappa shape index (κ2) is 6.24. The number of rotatable bonds is 6. The topological polar surface area (TPSA) is 66.8 Å². The Morgan fingerprint density at radius 2 is 1.76 bits per heavy atom. The van der Waals surface area contributed by atoms with Gasteiger partial charge in [-0.25, -0.2) is 4.21 Å². The van der Waals surface area contributed by atoms with E-state index in [4.69, 9.17) is 16.3 Å². The predicted octanol–water partition coefficient (Wildman–Crippen LogP) is 3.76. The lowest BCUT2D eigenvalue weighted by Crippen LogP contribution is -2.48. The van der Waals surface area contributed by atoms with E-state index in [0.29, 0.717) is 5.75 Å². The molecule has 0 spiro atoms. The Morgan fingerprint density at radius 1 is 1.24 bits per heavy atom. The van der Waals surface area contributed by atoms with Crippen molar-refractivity contribution in [2.24, 2.45) is 0 Å². The Kier molecular flexibility index (Phi) is 5.48. The van der Waals surface area contributed by atoms with Crippen LogP contribution in [0.5, 0.6) is 5.75 Å². The first-order chi connectivity index (χ1) is 9.44. The Balaban J connectivity index is 2.70. The summed E-state index contributed by atoms with van der Waals surface area (Å²) in [6, 6.07) is 7.57. The number of benzene rings is 1. The molecule has 1 atom stereocenters. The number of ether oxygens (including phenoxy) is 1. The summed E-state index contributed by atoms with van der Waals surface area (Å²) in [5.41, 5.74) is 1.23. The minimum atomic E-state index is -4.72. The third-order valence-corrected chi connectivity index (χ3v) is 6.61. The fourth-order valence-corrected chi connectivity index (χ4v) is 3.65. The molecule has 0 aromatic heterocycles. The van der Waals surface area contributed by atoms with Crippen molar-refractivity contribution in [1.82, 2.24) is 0 Å². The Hall–Kier alpha value is -0.620. The first-order valence-electron chi connectivity index (χ1n) is 6.87. The van der Waals surface area contributed by atoms with Crippen molar-refractivity contribution in [2.75, 3.05) is 18.2 Å². The molecule has 0 aliphatic rings. The standard InChI is InChI=1S/C15H25ClO4S/c1-12(21(17,18,19)10-9-16)11-20-14-7-5-13(6-8-14)15(2,3)4/h5-8,12H,9-11H2,1-4H3,(H2,17,18,19). The largest absolute Gasteiger partial charge is 0.492 e. The van der Waals surface area contributed by atoms with Gasteiger partial charge >= 0.3 is 0 Å². The minimum Gasteiger partial charge on any atom is -0.492 e. The van der Waals surface area contributed by atoms with Crippen molar-refractivity contribution in [3.8, 4) is 5.75 Å². The maximum Gasteiger partial charge on any atom is 0.119 e. The van der Waals surface area contributed by atoms with Gasteiger partial charge < -0.3 is 13.8 Å². The fraction of sp³-hybridized carbons (Fsp3) is 0.600. The summed E-state index contributed by atoms with van der Waals surface area (Å²) in [5, 5.41) is -0.914. The van der Waals surface area contributed by atoms with Gasteiger partial charge in [0.05, 0.1) is 20.6 Å². The Morgan fingerprint density at radius 3 is 2.19 bits per heavy atom. The zero-order valence-electron chi connectivity index (χ0n) is 13.0. The van der Waals surface area contributed by atoms with E-state index in [0.717, 1.165) is 0 Å². The fourth-order valence-electron chi connectivity index (χ4n) is 1.75. The van der Waals surface area contributed by atoms with Gasteiger partial charge in [-0.3, -0.25) is 0 Å². The molecule has 122 valence electrons. The molecular formula is C15H25ClO4S. The molecule has 6 heteroatoms. The van der Waals surface area contributed by atoms with Crippen molar-refractivity contribution >= 4 is 21.2 Å². The zero-order chi connectivity index (χ0) is 16.3. The maximum absolute atomic E-state index is 12.0. The van der Waals surface area contributed by atoms with Crippen molar-refractivity contribution in [1.29, 1.82) is 0 Å². The molecule has 2 N–H and O–H groups in total. The van der Waals surface area contributed by atoms with E-state index in [-0.39, 0.29) is 23.7 Å². The second-order valence-corrected chi connectivity index (χ2v) is 10.1. The van der Waals surface area contributed by atoms with Crippen LogP contribution in [-0.4, -0.2) is 36.8 Å². The van der Waals surface area contributed by atoms with Gasteiger partial charge in [0.15, 0.2) is 0 Å². The SMILES string of the molecule is CC(COc1ccc(C(C)(C)C)cc1)S(=O)(O)(O)CCCl. The highest BCUT2D eigenvalue weighted by atomic mass is 35.5. The molecule has 0 saturated carbocycles. The van der Waals surface area contributed by atoms with Crippen LogP contribution >= 0.6 is 11.6 Å². The third kappa shape index (κ3) is 5.25. The van der Waals surface area contributed by atoms with Gasteiger partial charge in [-0.15, -0.1) is 11.6 Å². The summed E-state index contributed by atoms with van der Waals surface area (Å²) in [4.78, 5) is 0. The highest BCUT2D eigenvalue weighted by Crippen LogP contribution is 2.27. The van der Waals surface area contributed by atoms with Crippen LogP contribution in [0.4, 0.5) is 0 Å². The van der Waals surface area contributed by atoms with Crippen LogP contribution in [0.3, 0.4) is 0 Å². The Labute approximate surface area is 131 Å². The van der Waals surface area contributed by atoms with E-state index < -0.39 is 14.9 Å². The van der Waals surface area contributed by atoms with E-state index in [1.165, 1.54) is 12.5 Å². The lowest BCUT2D eigenvalue weighted by molar-refractivity contribution is 0.292. The lowest BCUT2D eigenvalue weighted by Gasteiger charge is -2.35. The third-order valence-electron chi connectivity index (χ3n) is 3.47. The molecule has 4 nitrogen and oxygen atoms in total. The normalized spacial score (nSPS) is 16.0. The van der Waals surface area contributed by atoms with Crippen molar-refractivity contribution < 1.29 is 18.1 Å². The van der Waals surface area contributed by atoms with Gasteiger partial charge in [-0.05, 0) is 30.0 Å². The zero-order valence-corrected chi connectivity index (χ0v) is 14.6. The van der Waals surface area contributed by atoms with Crippen molar-refractivity contribution in [2.45, 2.75) is 38.4 Å². The van der Waals surface area contributed by atoms with Crippen LogP contribution in [0.1, 0.15) is 33.3 Å². The van der Waals surface area contributed by atoms with Gasteiger partial charge in [0.25, 0.3) is 0 Å². The smallest absolute Gasteiger partial charge is 0.119 e. The molecular weight excluding hydrogens is 312 g/mol. The maximum atomic E-state index is 12.0. The van der Waals surface area contributed by atoms with E-state index in [2.05, 4.69) is 20.8 Å². The number of halogens is 1. The highest BCUT2D eigenvalue weighted by molar-refractivity contribution is 8.10. The monoisotopic (exact) mass is 336 g/mol. The van der Waals surface area contributed by atoms with E-state index in [1.54, 1.807) is 0 Å². The summed E-state index contributed by atoms with van der Waals surface area (Å²) >= 11 is 5.46. The van der Waals surface area contributed by atoms with Gasteiger partial charge in [-0.2, -0.15) is 0 Å². The first kappa shape index (κ1) is 18.4. The molecule has 0 saturated heterocycles. The van der Waals surface area contributed by atoms with Gasteiger partial charge in [0.2, 0.25) is 0 Å². The summed E-state index contributed by atoms with van der Waals surface area (Å²) in [7, 11) is -4.72. The van der Waals surface area contributed by atoms with Crippen LogP contribution < -0.4 is 4.74 Å². The molecule has 0 fully saturated rings. The summed E-state index contributed by atoms with van der Waals surface area (Å²) in [6.45, 7) is 7.78. The van der Waals surface area contributed by atoms with Crippen LogP contribution in [0.2, 0.25) is 0 Å². The molecule has 1 unspecified atom stereocenters. The number of hydrogen-bond donors (Lipinski definition) is 2. The molecule has 0 heterocycles. The molecule has 0 radical (unpaired) electrons. The second-order valence-electron chi connectivity index (χ2n) is 6.37. The highest BCUT2D eigenvalue weighted by Gasteiger charge is 2.37. The van der Waals surface area contributed by atoms with Crippen molar-refractivity contribution in [3.63, 3.8) is 0 Å². The van der Waals surface area contributed by atoms with Crippen LogP contribution in [0.15, 0.2) is 24.3 Å². The molecule has 1 aromatic carbocycles. The molecule has 0 aliphatic heterocycles. The average Bonchev–Trinajstić information content (AvgIpc) is 2.34. The molecule has 1 aromatic rings. The molecule has 0 aliphatic carbocycles. The van der Waals surface area contributed by atoms with Crippen molar-refractivity contribution in [3.05, 3.63) is 29.8 Å². The predicted molar refractivity (Wildman–Crippen MR) is 89.1 cm³/mol. The quantitative estimate of drug-likeness (QED) is 0.776. The van der Waals surface area contributed by atoms with E-state index in [1.807, 2.05) is 24.3 Å². The van der Waals surface area contributed by atoms with Crippen LogP contribution in [-0.2, 0) is 15.0 Å². The molecule has 0 bridgehead atoms. The first-order valence-corrected chi connectivity index (χ1v) is 9.52. The number of alkyl halides is 1. The van der Waals surface area contributed by atoms with E-state index >= 15 is 0 Å². The van der Waals surface area contributed by atoms with Gasteiger partial charge in [-0.1, -0.05) is 32.9 Å².